The lowest BCUT2D eigenvalue weighted by Gasteiger charge is -2.14. The van der Waals surface area contributed by atoms with Crippen molar-refractivity contribution >= 4 is 0 Å². The van der Waals surface area contributed by atoms with Crippen LogP contribution in [0.25, 0.3) is 28.2 Å². The van der Waals surface area contributed by atoms with Crippen LogP contribution in [0.5, 0.6) is 0 Å². The van der Waals surface area contributed by atoms with Gasteiger partial charge in [0.15, 0.2) is 0 Å². The molecule has 0 aliphatic carbocycles. The Hall–Kier alpha value is -3.32. The van der Waals surface area contributed by atoms with Crippen molar-refractivity contribution in [2.24, 2.45) is 5.92 Å². The number of tetrazole rings is 1. The fraction of sp³-hybridized carbons (Fsp3) is 0.333. The number of imidazole rings is 1. The summed E-state index contributed by atoms with van der Waals surface area (Å²) >= 11 is 0. The lowest BCUT2D eigenvalue weighted by atomic mass is 9.99. The molecule has 0 amide bonds. The summed E-state index contributed by atoms with van der Waals surface area (Å²) in [6, 6.07) is 16.4. The number of hydrogen-bond donors (Lipinski definition) is 2. The maximum Gasteiger partial charge on any atom is 0.205 e. The summed E-state index contributed by atoms with van der Waals surface area (Å²) in [7, 11) is 0. The first kappa shape index (κ1) is 20.9. The molecule has 2 heterocycles. The van der Waals surface area contributed by atoms with Crippen molar-refractivity contribution in [2.75, 3.05) is 0 Å². The van der Waals surface area contributed by atoms with Crippen LogP contribution in [0.1, 0.15) is 50.5 Å². The summed E-state index contributed by atoms with van der Waals surface area (Å²) in [4.78, 5) is 4.81. The smallest absolute Gasteiger partial charge is 0.205 e. The van der Waals surface area contributed by atoms with Gasteiger partial charge in [-0.25, -0.2) is 4.98 Å². The number of benzene rings is 2. The lowest BCUT2D eigenvalue weighted by molar-refractivity contribution is 0.122. The normalized spacial score (nSPS) is 12.5. The summed E-state index contributed by atoms with van der Waals surface area (Å²) in [5.41, 5.74) is 5.84. The van der Waals surface area contributed by atoms with Crippen LogP contribution in [0.2, 0.25) is 0 Å². The second-order valence-corrected chi connectivity index (χ2v) is 8.10. The highest BCUT2D eigenvalue weighted by atomic mass is 16.3. The second kappa shape index (κ2) is 8.81. The Labute approximate surface area is 182 Å². The van der Waals surface area contributed by atoms with Crippen molar-refractivity contribution < 1.29 is 5.11 Å². The molecule has 2 aromatic heterocycles. The van der Waals surface area contributed by atoms with Crippen molar-refractivity contribution in [2.45, 2.75) is 46.6 Å². The molecule has 0 aliphatic heterocycles. The average Bonchev–Trinajstić information content (AvgIpc) is 3.42. The molecule has 1 unspecified atom stereocenters. The summed E-state index contributed by atoms with van der Waals surface area (Å²) in [5, 5.41) is 25.1. The van der Waals surface area contributed by atoms with Crippen LogP contribution < -0.4 is 0 Å². The Morgan fingerprint density at radius 2 is 1.74 bits per heavy atom. The van der Waals surface area contributed by atoms with E-state index in [1.807, 2.05) is 39.0 Å². The first-order chi connectivity index (χ1) is 15.0. The number of aliphatic hydroxyl groups excluding tert-OH is 1. The number of rotatable bonds is 7. The van der Waals surface area contributed by atoms with Gasteiger partial charge in [0.05, 0.1) is 5.69 Å². The van der Waals surface area contributed by atoms with Gasteiger partial charge in [0, 0.05) is 23.4 Å². The monoisotopic (exact) mass is 416 g/mol. The van der Waals surface area contributed by atoms with Crippen LogP contribution in [0.4, 0.5) is 0 Å². The van der Waals surface area contributed by atoms with E-state index in [9.17, 15) is 5.11 Å². The molecular formula is C24H28N6O. The SMILES string of the molecule is CCCc1nc(C(O)C(C)C)c(C)n1-c1ccc(-c2ccccc2-c2nn[nH]n2)cc1. The predicted molar refractivity (Wildman–Crippen MR) is 121 cm³/mol. The molecule has 7 heteroatoms. The largest absolute Gasteiger partial charge is 0.386 e. The molecule has 0 aliphatic rings. The molecule has 4 rings (SSSR count). The van der Waals surface area contributed by atoms with Gasteiger partial charge in [-0.15, -0.1) is 10.2 Å². The van der Waals surface area contributed by atoms with E-state index >= 15 is 0 Å². The van der Waals surface area contributed by atoms with E-state index in [2.05, 4.69) is 62.4 Å². The van der Waals surface area contributed by atoms with Gasteiger partial charge >= 0.3 is 0 Å². The second-order valence-electron chi connectivity index (χ2n) is 8.10. The maximum absolute atomic E-state index is 10.6. The number of aryl methyl sites for hydroxylation is 1. The van der Waals surface area contributed by atoms with Crippen LogP contribution in [-0.4, -0.2) is 35.3 Å². The first-order valence-electron chi connectivity index (χ1n) is 10.7. The molecule has 4 aromatic rings. The maximum atomic E-state index is 10.6. The molecular weight excluding hydrogens is 388 g/mol. The minimum Gasteiger partial charge on any atom is -0.386 e. The Morgan fingerprint density at radius 3 is 2.35 bits per heavy atom. The van der Waals surface area contributed by atoms with E-state index in [4.69, 9.17) is 4.98 Å². The Bertz CT molecular complexity index is 1150. The van der Waals surface area contributed by atoms with E-state index in [-0.39, 0.29) is 5.92 Å². The molecule has 0 bridgehead atoms. The minimum atomic E-state index is -0.571. The summed E-state index contributed by atoms with van der Waals surface area (Å²) < 4.78 is 2.17. The molecule has 1 atom stereocenters. The molecule has 160 valence electrons. The number of nitrogens with one attached hydrogen (secondary N) is 1. The molecule has 0 fully saturated rings. The molecule has 7 nitrogen and oxygen atoms in total. The van der Waals surface area contributed by atoms with Crippen molar-refractivity contribution in [3.63, 3.8) is 0 Å². The van der Waals surface area contributed by atoms with Crippen LogP contribution in [0, 0.1) is 12.8 Å². The van der Waals surface area contributed by atoms with Gasteiger partial charge in [-0.1, -0.05) is 57.2 Å². The van der Waals surface area contributed by atoms with Crippen LogP contribution in [0.15, 0.2) is 48.5 Å². The Balaban J connectivity index is 1.75. The fourth-order valence-electron chi connectivity index (χ4n) is 3.90. The number of aromatic amines is 1. The van der Waals surface area contributed by atoms with E-state index in [0.29, 0.717) is 5.82 Å². The molecule has 0 radical (unpaired) electrons. The number of aliphatic hydroxyl groups is 1. The van der Waals surface area contributed by atoms with Gasteiger partial charge in [-0.05, 0) is 47.7 Å². The highest BCUT2D eigenvalue weighted by Crippen LogP contribution is 2.32. The van der Waals surface area contributed by atoms with Gasteiger partial charge in [-0.3, -0.25) is 0 Å². The fourth-order valence-corrected chi connectivity index (χ4v) is 3.90. The van der Waals surface area contributed by atoms with E-state index in [0.717, 1.165) is 52.4 Å². The third kappa shape index (κ3) is 4.01. The summed E-state index contributed by atoms with van der Waals surface area (Å²) in [6.07, 6.45) is 1.27. The van der Waals surface area contributed by atoms with Crippen molar-refractivity contribution in [1.29, 1.82) is 0 Å². The molecule has 2 N–H and O–H groups in total. The standard InChI is InChI=1S/C24H28N6O/c1-5-8-21-25-22(23(31)15(2)3)16(4)30(21)18-13-11-17(12-14-18)19-9-6-7-10-20(19)24-26-28-29-27-24/h6-7,9-15,23,31H,5,8H2,1-4H3,(H,26,27,28,29). The van der Waals surface area contributed by atoms with Crippen molar-refractivity contribution in [3.8, 4) is 28.2 Å². The zero-order chi connectivity index (χ0) is 22.0. The van der Waals surface area contributed by atoms with Gasteiger partial charge in [0.1, 0.15) is 11.9 Å². The van der Waals surface area contributed by atoms with E-state index < -0.39 is 6.10 Å². The number of aromatic nitrogens is 6. The third-order valence-corrected chi connectivity index (χ3v) is 5.55. The third-order valence-electron chi connectivity index (χ3n) is 5.55. The lowest BCUT2D eigenvalue weighted by Crippen LogP contribution is -2.08. The number of H-pyrrole nitrogens is 1. The summed E-state index contributed by atoms with van der Waals surface area (Å²) in [5.74, 6) is 1.66. The first-order valence-corrected chi connectivity index (χ1v) is 10.7. The van der Waals surface area contributed by atoms with Gasteiger partial charge < -0.3 is 9.67 Å². The molecule has 0 spiro atoms. The van der Waals surface area contributed by atoms with Crippen LogP contribution in [0.3, 0.4) is 0 Å². The number of nitrogens with zero attached hydrogens (tertiary/aromatic N) is 5. The highest BCUT2D eigenvalue weighted by Gasteiger charge is 2.22. The Kier molecular flexibility index (Phi) is 5.95. The highest BCUT2D eigenvalue weighted by molar-refractivity contribution is 5.80. The summed E-state index contributed by atoms with van der Waals surface area (Å²) in [6.45, 7) is 8.20. The van der Waals surface area contributed by atoms with E-state index in [1.165, 1.54) is 0 Å². The van der Waals surface area contributed by atoms with Gasteiger partial charge in [-0.2, -0.15) is 5.21 Å². The van der Waals surface area contributed by atoms with Crippen LogP contribution >= 0.6 is 0 Å². The van der Waals surface area contributed by atoms with Gasteiger partial charge in [0.2, 0.25) is 5.82 Å². The van der Waals surface area contributed by atoms with Crippen molar-refractivity contribution in [1.82, 2.24) is 30.2 Å². The number of hydrogen-bond acceptors (Lipinski definition) is 5. The Morgan fingerprint density at radius 1 is 1.03 bits per heavy atom. The average molecular weight is 417 g/mol. The molecule has 2 aromatic carbocycles. The van der Waals surface area contributed by atoms with E-state index in [1.54, 1.807) is 0 Å². The van der Waals surface area contributed by atoms with Crippen molar-refractivity contribution in [3.05, 3.63) is 65.7 Å². The van der Waals surface area contributed by atoms with Gasteiger partial charge in [0.25, 0.3) is 0 Å². The quantitative estimate of drug-likeness (QED) is 0.457. The topological polar surface area (TPSA) is 92.5 Å². The minimum absolute atomic E-state index is 0.112. The zero-order valence-electron chi connectivity index (χ0n) is 18.4. The predicted octanol–water partition coefficient (Wildman–Crippen LogP) is 4.67. The molecule has 0 saturated carbocycles. The van der Waals surface area contributed by atoms with Crippen LogP contribution in [-0.2, 0) is 6.42 Å². The zero-order valence-corrected chi connectivity index (χ0v) is 18.4. The molecule has 31 heavy (non-hydrogen) atoms. The molecule has 0 saturated heterocycles.